The molecule has 0 aliphatic rings. The van der Waals surface area contributed by atoms with Crippen LogP contribution in [0.3, 0.4) is 0 Å². The van der Waals surface area contributed by atoms with Gasteiger partial charge < -0.3 is 4.57 Å². The summed E-state index contributed by atoms with van der Waals surface area (Å²) < 4.78 is 34.7. The maximum absolute atomic E-state index is 11.1. The summed E-state index contributed by atoms with van der Waals surface area (Å²) in [6.07, 6.45) is 3.70. The van der Waals surface area contributed by atoms with Gasteiger partial charge in [0.15, 0.2) is 0 Å². The minimum absolute atomic E-state index is 0.110. The van der Waals surface area contributed by atoms with E-state index in [0.717, 1.165) is 22.4 Å². The Labute approximate surface area is 190 Å². The Balaban J connectivity index is 2.05. The smallest absolute Gasteiger partial charge is 0.271 e. The third-order valence-corrected chi connectivity index (χ3v) is 5.69. The average Bonchev–Trinajstić information content (AvgIpc) is 3.09. The number of hydrogen-bond acceptors (Lipinski definition) is 6. The van der Waals surface area contributed by atoms with E-state index in [1.165, 1.54) is 18.2 Å². The van der Waals surface area contributed by atoms with E-state index in [0.29, 0.717) is 5.62 Å². The van der Waals surface area contributed by atoms with Crippen LogP contribution < -0.4 is 5.62 Å². The van der Waals surface area contributed by atoms with Crippen molar-refractivity contribution in [1.82, 2.24) is 9.13 Å². The maximum atomic E-state index is 11.1. The SMILES string of the molecule is Cc1cc(C)c(-n2ccn(CCCS(=O)(=O)O)/c2=N/N=Nc2cccc([N+](=O)[O-])c2)c(C)c1. The van der Waals surface area contributed by atoms with E-state index >= 15 is 0 Å². The predicted octanol–water partition coefficient (Wildman–Crippen LogP) is 3.99. The first-order valence-corrected chi connectivity index (χ1v) is 11.7. The van der Waals surface area contributed by atoms with Crippen molar-refractivity contribution < 1.29 is 17.9 Å². The lowest BCUT2D eigenvalue weighted by molar-refractivity contribution is -0.384. The number of nitrogens with zero attached hydrogens (tertiary/aromatic N) is 6. The van der Waals surface area contributed by atoms with Crippen LogP contribution in [0.4, 0.5) is 11.4 Å². The highest BCUT2D eigenvalue weighted by atomic mass is 32.2. The molecular formula is C21H24N6O5S. The minimum Gasteiger partial charge on any atom is -0.315 e. The van der Waals surface area contributed by atoms with Gasteiger partial charge in [0.2, 0.25) is 5.62 Å². The second-order valence-corrected chi connectivity index (χ2v) is 9.19. The van der Waals surface area contributed by atoms with Gasteiger partial charge in [-0.05, 0) is 49.6 Å². The van der Waals surface area contributed by atoms with Crippen molar-refractivity contribution in [3.8, 4) is 5.69 Å². The van der Waals surface area contributed by atoms with Gasteiger partial charge in [0.1, 0.15) is 0 Å². The lowest BCUT2D eigenvalue weighted by Crippen LogP contribution is -2.26. The first-order chi connectivity index (χ1) is 15.5. The van der Waals surface area contributed by atoms with Gasteiger partial charge >= 0.3 is 0 Å². The highest BCUT2D eigenvalue weighted by Gasteiger charge is 2.12. The number of aromatic nitrogens is 2. The predicted molar refractivity (Wildman–Crippen MR) is 122 cm³/mol. The first kappa shape index (κ1) is 24.0. The molecule has 0 fully saturated rings. The molecule has 0 bridgehead atoms. The second kappa shape index (κ2) is 9.88. The number of nitro benzene ring substituents is 1. The van der Waals surface area contributed by atoms with Crippen molar-refractivity contribution in [1.29, 1.82) is 0 Å². The number of aryl methyl sites for hydroxylation is 4. The maximum Gasteiger partial charge on any atom is 0.271 e. The Morgan fingerprint density at radius 1 is 1.09 bits per heavy atom. The molecule has 0 atom stereocenters. The Kier molecular flexibility index (Phi) is 7.19. The Morgan fingerprint density at radius 2 is 1.79 bits per heavy atom. The summed E-state index contributed by atoms with van der Waals surface area (Å²) in [5.41, 5.74) is 4.59. The van der Waals surface area contributed by atoms with Gasteiger partial charge in [-0.3, -0.25) is 19.2 Å². The number of benzene rings is 2. The molecular weight excluding hydrogens is 448 g/mol. The summed E-state index contributed by atoms with van der Waals surface area (Å²) in [6, 6.07) is 9.79. The Bertz CT molecular complexity index is 1370. The molecule has 33 heavy (non-hydrogen) atoms. The third kappa shape index (κ3) is 6.20. The van der Waals surface area contributed by atoms with Crippen LogP contribution in [0.15, 0.2) is 64.2 Å². The Hall–Kier alpha value is -3.64. The van der Waals surface area contributed by atoms with Gasteiger partial charge in [0, 0.05) is 31.1 Å². The highest BCUT2D eigenvalue weighted by Crippen LogP contribution is 2.21. The van der Waals surface area contributed by atoms with Crippen LogP contribution in [-0.2, 0) is 16.7 Å². The van der Waals surface area contributed by atoms with Crippen molar-refractivity contribution in [3.63, 3.8) is 0 Å². The van der Waals surface area contributed by atoms with Gasteiger partial charge in [-0.25, -0.2) is 0 Å². The molecule has 0 aliphatic heterocycles. The summed E-state index contributed by atoms with van der Waals surface area (Å²) in [6.45, 7) is 6.23. The van der Waals surface area contributed by atoms with Crippen molar-refractivity contribution >= 4 is 21.5 Å². The Morgan fingerprint density at radius 3 is 2.42 bits per heavy atom. The van der Waals surface area contributed by atoms with Crippen molar-refractivity contribution in [2.75, 3.05) is 5.75 Å². The summed E-state index contributed by atoms with van der Waals surface area (Å²) in [5, 5.41) is 23.0. The van der Waals surface area contributed by atoms with Gasteiger partial charge in [0.25, 0.3) is 15.8 Å². The van der Waals surface area contributed by atoms with Gasteiger partial charge in [-0.2, -0.15) is 8.42 Å². The molecule has 1 N–H and O–H groups in total. The number of rotatable bonds is 8. The summed E-state index contributed by atoms with van der Waals surface area (Å²) in [4.78, 5) is 10.4. The van der Waals surface area contributed by atoms with Gasteiger partial charge in [0.05, 0.1) is 22.1 Å². The minimum atomic E-state index is -4.08. The molecule has 0 unspecified atom stereocenters. The van der Waals surface area contributed by atoms with Crippen molar-refractivity contribution in [3.05, 3.63) is 81.2 Å². The van der Waals surface area contributed by atoms with Crippen LogP contribution in [0, 0.1) is 30.9 Å². The highest BCUT2D eigenvalue weighted by molar-refractivity contribution is 7.85. The quantitative estimate of drug-likeness (QED) is 0.228. The molecule has 3 aromatic rings. The van der Waals surface area contributed by atoms with Crippen LogP contribution in [0.2, 0.25) is 0 Å². The monoisotopic (exact) mass is 472 g/mol. The molecule has 0 aliphatic carbocycles. The van der Waals surface area contributed by atoms with E-state index < -0.39 is 15.0 Å². The van der Waals surface area contributed by atoms with Crippen LogP contribution in [0.5, 0.6) is 0 Å². The third-order valence-electron chi connectivity index (χ3n) is 4.88. The largest absolute Gasteiger partial charge is 0.315 e. The fourth-order valence-electron chi connectivity index (χ4n) is 3.63. The molecule has 0 saturated heterocycles. The number of imidazole rings is 1. The van der Waals surface area contributed by atoms with E-state index in [-0.39, 0.29) is 30.1 Å². The van der Waals surface area contributed by atoms with E-state index in [2.05, 4.69) is 15.4 Å². The molecule has 0 spiro atoms. The van der Waals surface area contributed by atoms with E-state index in [4.69, 9.17) is 4.55 Å². The van der Waals surface area contributed by atoms with E-state index in [1.54, 1.807) is 23.0 Å². The summed E-state index contributed by atoms with van der Waals surface area (Å²) in [7, 11) is -4.08. The summed E-state index contributed by atoms with van der Waals surface area (Å²) in [5.74, 6) is -0.387. The topological polar surface area (TPSA) is 144 Å². The molecule has 1 aromatic heterocycles. The van der Waals surface area contributed by atoms with Crippen LogP contribution in [-0.4, -0.2) is 32.8 Å². The fraction of sp³-hybridized carbons (Fsp3) is 0.286. The zero-order valence-electron chi connectivity index (χ0n) is 18.4. The molecule has 12 heteroatoms. The molecule has 11 nitrogen and oxygen atoms in total. The van der Waals surface area contributed by atoms with Crippen LogP contribution in [0.1, 0.15) is 23.1 Å². The van der Waals surface area contributed by atoms with E-state index in [9.17, 15) is 18.5 Å². The zero-order chi connectivity index (χ0) is 24.2. The average molecular weight is 473 g/mol. The molecule has 0 saturated carbocycles. The van der Waals surface area contributed by atoms with Crippen molar-refractivity contribution in [2.24, 2.45) is 15.4 Å². The molecule has 2 aromatic carbocycles. The molecule has 3 rings (SSSR count). The second-order valence-electron chi connectivity index (χ2n) is 7.61. The van der Waals surface area contributed by atoms with Gasteiger partial charge in [-0.1, -0.05) is 28.9 Å². The standard InChI is InChI=1S/C21H24N6O5S/c1-15-12-16(2)20(17(3)13-15)26-10-9-25(8-5-11-33(30,31)32)21(26)23-24-22-18-6-4-7-19(14-18)27(28)29/h4,6-7,9-10,12-14H,5,8,11H2,1-3H3,(H,30,31,32)/b23-21-,24-22?. The van der Waals surface area contributed by atoms with Crippen molar-refractivity contribution in [2.45, 2.75) is 33.7 Å². The number of nitro groups is 1. The van der Waals surface area contributed by atoms with E-state index in [1.807, 2.05) is 37.5 Å². The summed E-state index contributed by atoms with van der Waals surface area (Å²) >= 11 is 0. The normalized spacial score (nSPS) is 12.5. The number of hydrogen-bond donors (Lipinski definition) is 1. The molecule has 1 heterocycles. The fourth-order valence-corrected chi connectivity index (χ4v) is 4.12. The number of non-ortho nitro benzene ring substituents is 1. The lowest BCUT2D eigenvalue weighted by atomic mass is 10.1. The van der Waals surface area contributed by atoms with Gasteiger partial charge in [-0.15, -0.1) is 5.11 Å². The van der Waals surface area contributed by atoms with Crippen LogP contribution in [0.25, 0.3) is 5.69 Å². The lowest BCUT2D eigenvalue weighted by Gasteiger charge is -2.12. The molecule has 0 radical (unpaired) electrons. The molecule has 0 amide bonds. The molecule has 174 valence electrons. The van der Waals surface area contributed by atoms with Crippen LogP contribution >= 0.6 is 0 Å². The first-order valence-electron chi connectivity index (χ1n) is 10.1. The zero-order valence-corrected chi connectivity index (χ0v) is 19.2.